The summed E-state index contributed by atoms with van der Waals surface area (Å²) in [6.45, 7) is 9.68. The second-order valence-corrected chi connectivity index (χ2v) is 33.4. The average Bonchev–Trinajstić information content (AvgIpc) is 0.953. The van der Waals surface area contributed by atoms with Crippen LogP contribution in [0.5, 0.6) is 0 Å². The van der Waals surface area contributed by atoms with Gasteiger partial charge >= 0.3 is 39.5 Å². The summed E-state index contributed by atoms with van der Waals surface area (Å²) < 4.78 is 68.6. The standard InChI is InChI=1S/C82H160O17P2/c1-7-9-11-13-15-17-34-42-48-54-60-66-81(86)98-77(70-92-79(84)64-58-52-46-16-14-12-10-8-2)72-96-100(88,89)94-68-76(83)69-95-101(90,91)97-73-78(99-82(87)67-61-55-49-43-38-33-29-25-21-19-23-27-31-36-40-45-51-57-63-75(5)6)71-93-80(85)65-59-53-47-41-37-32-28-24-20-18-22-26-30-35-39-44-50-56-62-74(3)4/h74-78,83H,7-73H2,1-6H3,(H,88,89)(H,90,91)/t76-,77+,78+/m0/s1. The summed E-state index contributed by atoms with van der Waals surface area (Å²) in [7, 11) is -9.91. The van der Waals surface area contributed by atoms with E-state index in [2.05, 4.69) is 41.5 Å². The Bertz CT molecular complexity index is 1940. The van der Waals surface area contributed by atoms with Crippen molar-refractivity contribution in [1.82, 2.24) is 0 Å². The van der Waals surface area contributed by atoms with Crippen molar-refractivity contribution in [2.45, 2.75) is 452 Å². The number of carbonyl (C=O) groups is 4. The van der Waals surface area contributed by atoms with Crippen LogP contribution < -0.4 is 0 Å². The first-order chi connectivity index (χ1) is 48.9. The fourth-order valence-electron chi connectivity index (χ4n) is 12.7. The third-order valence-electron chi connectivity index (χ3n) is 19.2. The fourth-order valence-corrected chi connectivity index (χ4v) is 14.3. The molecular formula is C82H160O17P2. The van der Waals surface area contributed by atoms with Crippen LogP contribution in [0, 0.1) is 11.8 Å². The van der Waals surface area contributed by atoms with Crippen molar-refractivity contribution in [2.75, 3.05) is 39.6 Å². The van der Waals surface area contributed by atoms with Gasteiger partial charge < -0.3 is 33.8 Å². The number of aliphatic hydroxyl groups excluding tert-OH is 1. The SMILES string of the molecule is CCCCCCCCCCCCCC(=O)O[C@H](COC(=O)CCCCCCCCCC)COP(=O)(O)OC[C@H](O)COP(=O)(O)OC[C@@H](COC(=O)CCCCCCCCCCCCCCCCCCCCC(C)C)OC(=O)CCCCCCCCCCCCCCCCCCCCC(C)C. The van der Waals surface area contributed by atoms with Crippen molar-refractivity contribution >= 4 is 39.5 Å². The number of ether oxygens (including phenoxy) is 4. The molecule has 0 radical (unpaired) electrons. The molecule has 0 aromatic heterocycles. The molecular weight excluding hydrogens is 1320 g/mol. The van der Waals surface area contributed by atoms with Crippen molar-refractivity contribution in [2.24, 2.45) is 11.8 Å². The van der Waals surface area contributed by atoms with Crippen molar-refractivity contribution in [3.63, 3.8) is 0 Å². The lowest BCUT2D eigenvalue weighted by Gasteiger charge is -2.21. The van der Waals surface area contributed by atoms with Gasteiger partial charge in [0.2, 0.25) is 0 Å². The zero-order valence-corrected chi connectivity index (χ0v) is 68.0. The van der Waals surface area contributed by atoms with Crippen LogP contribution in [0.3, 0.4) is 0 Å². The zero-order valence-electron chi connectivity index (χ0n) is 66.2. The molecule has 101 heavy (non-hydrogen) atoms. The molecule has 3 N–H and O–H groups in total. The van der Waals surface area contributed by atoms with Crippen molar-refractivity contribution < 1.29 is 80.2 Å². The zero-order chi connectivity index (χ0) is 74.2. The van der Waals surface area contributed by atoms with Gasteiger partial charge in [-0.05, 0) is 37.5 Å². The summed E-state index contributed by atoms with van der Waals surface area (Å²) in [6, 6.07) is 0. The van der Waals surface area contributed by atoms with E-state index < -0.39 is 97.5 Å². The number of carbonyl (C=O) groups excluding carboxylic acids is 4. The first kappa shape index (κ1) is 99.1. The molecule has 0 heterocycles. The minimum atomic E-state index is -4.96. The van der Waals surface area contributed by atoms with Gasteiger partial charge in [-0.1, -0.05) is 382 Å². The fraction of sp³-hybridized carbons (Fsp3) is 0.951. The van der Waals surface area contributed by atoms with Crippen LogP contribution in [0.2, 0.25) is 0 Å². The van der Waals surface area contributed by atoms with E-state index in [1.807, 2.05) is 0 Å². The first-order valence-electron chi connectivity index (χ1n) is 42.5. The monoisotopic (exact) mass is 1480 g/mol. The van der Waals surface area contributed by atoms with Crippen LogP contribution >= 0.6 is 15.6 Å². The summed E-state index contributed by atoms with van der Waals surface area (Å²) in [5.74, 6) is -0.467. The normalized spacial score (nSPS) is 13.9. The molecule has 0 bridgehead atoms. The number of unbranched alkanes of at least 4 members (excludes halogenated alkanes) is 51. The second kappa shape index (κ2) is 73.6. The lowest BCUT2D eigenvalue weighted by atomic mass is 10.0. The van der Waals surface area contributed by atoms with Crippen molar-refractivity contribution in [1.29, 1.82) is 0 Å². The van der Waals surface area contributed by atoms with Gasteiger partial charge in [-0.2, -0.15) is 0 Å². The summed E-state index contributed by atoms with van der Waals surface area (Å²) in [4.78, 5) is 72.9. The molecule has 17 nitrogen and oxygen atoms in total. The third-order valence-corrected chi connectivity index (χ3v) is 21.1. The Kier molecular flexibility index (Phi) is 72.2. The highest BCUT2D eigenvalue weighted by Crippen LogP contribution is 2.45. The molecule has 0 aliphatic heterocycles. The highest BCUT2D eigenvalue weighted by molar-refractivity contribution is 7.47. The minimum Gasteiger partial charge on any atom is -0.462 e. The van der Waals surface area contributed by atoms with E-state index >= 15 is 0 Å². The summed E-state index contributed by atoms with van der Waals surface area (Å²) in [5, 5.41) is 10.6. The number of aliphatic hydroxyl groups is 1. The predicted octanol–water partition coefficient (Wildman–Crippen LogP) is 24.7. The molecule has 0 fully saturated rings. The number of esters is 4. The van der Waals surface area contributed by atoms with Crippen LogP contribution in [0.15, 0.2) is 0 Å². The Morgan fingerprint density at radius 2 is 0.455 bits per heavy atom. The Morgan fingerprint density at radius 1 is 0.267 bits per heavy atom. The molecule has 0 aromatic carbocycles. The maximum absolute atomic E-state index is 13.1. The third kappa shape index (κ3) is 76.1. The molecule has 600 valence electrons. The van der Waals surface area contributed by atoms with E-state index in [1.54, 1.807) is 0 Å². The molecule has 0 saturated carbocycles. The van der Waals surface area contributed by atoms with Gasteiger partial charge in [-0.3, -0.25) is 37.3 Å². The molecule has 0 rings (SSSR count). The summed E-state index contributed by atoms with van der Waals surface area (Å²) >= 11 is 0. The Balaban J connectivity index is 5.16. The quantitative estimate of drug-likeness (QED) is 0.0222. The highest BCUT2D eigenvalue weighted by atomic mass is 31.2. The van der Waals surface area contributed by atoms with E-state index in [4.69, 9.17) is 37.0 Å². The van der Waals surface area contributed by atoms with E-state index in [-0.39, 0.29) is 25.7 Å². The molecule has 0 amide bonds. The topological polar surface area (TPSA) is 237 Å². The van der Waals surface area contributed by atoms with Gasteiger partial charge in [0.15, 0.2) is 12.2 Å². The molecule has 5 atom stereocenters. The second-order valence-electron chi connectivity index (χ2n) is 30.5. The summed E-state index contributed by atoms with van der Waals surface area (Å²) in [6.07, 6.45) is 64.0. The lowest BCUT2D eigenvalue weighted by Crippen LogP contribution is -2.30. The van der Waals surface area contributed by atoms with Gasteiger partial charge in [0.05, 0.1) is 26.4 Å². The predicted molar refractivity (Wildman–Crippen MR) is 414 cm³/mol. The van der Waals surface area contributed by atoms with Gasteiger partial charge in [0, 0.05) is 25.7 Å². The van der Waals surface area contributed by atoms with Crippen molar-refractivity contribution in [3.8, 4) is 0 Å². The van der Waals surface area contributed by atoms with Gasteiger partial charge in [0.25, 0.3) is 0 Å². The van der Waals surface area contributed by atoms with Crippen LogP contribution in [0.4, 0.5) is 0 Å². The Labute approximate surface area is 619 Å². The molecule has 19 heteroatoms. The number of phosphoric ester groups is 2. The maximum atomic E-state index is 13.1. The van der Waals surface area contributed by atoms with E-state index in [1.165, 1.54) is 244 Å². The van der Waals surface area contributed by atoms with E-state index in [9.17, 15) is 43.2 Å². The van der Waals surface area contributed by atoms with Gasteiger partial charge in [-0.15, -0.1) is 0 Å². The van der Waals surface area contributed by atoms with Gasteiger partial charge in [-0.25, -0.2) is 9.13 Å². The molecule has 2 unspecified atom stereocenters. The number of hydrogen-bond donors (Lipinski definition) is 3. The number of phosphoric acid groups is 2. The molecule has 0 aliphatic carbocycles. The van der Waals surface area contributed by atoms with Crippen LogP contribution in [0.25, 0.3) is 0 Å². The highest BCUT2D eigenvalue weighted by Gasteiger charge is 2.30. The van der Waals surface area contributed by atoms with E-state index in [0.717, 1.165) is 108 Å². The van der Waals surface area contributed by atoms with Gasteiger partial charge in [0.1, 0.15) is 19.3 Å². The largest absolute Gasteiger partial charge is 0.472 e. The molecule has 0 aromatic rings. The van der Waals surface area contributed by atoms with Crippen LogP contribution in [0.1, 0.15) is 433 Å². The smallest absolute Gasteiger partial charge is 0.462 e. The van der Waals surface area contributed by atoms with Crippen molar-refractivity contribution in [3.05, 3.63) is 0 Å². The lowest BCUT2D eigenvalue weighted by molar-refractivity contribution is -0.161. The summed E-state index contributed by atoms with van der Waals surface area (Å²) in [5.41, 5.74) is 0. The number of rotatable bonds is 81. The average molecular weight is 1480 g/mol. The minimum absolute atomic E-state index is 0.107. The Hall–Kier alpha value is -1.94. The molecule has 0 spiro atoms. The first-order valence-corrected chi connectivity index (χ1v) is 45.5. The maximum Gasteiger partial charge on any atom is 0.472 e. The van der Waals surface area contributed by atoms with Crippen LogP contribution in [-0.2, 0) is 65.4 Å². The van der Waals surface area contributed by atoms with Crippen LogP contribution in [-0.4, -0.2) is 96.7 Å². The molecule has 0 aliphatic rings. The Morgan fingerprint density at radius 3 is 0.673 bits per heavy atom. The number of hydrogen-bond acceptors (Lipinski definition) is 15. The van der Waals surface area contributed by atoms with E-state index in [0.29, 0.717) is 25.7 Å². The molecule has 0 saturated heterocycles.